The number of hydrogen-bond acceptors (Lipinski definition) is 4. The SMILES string of the molecule is CN(C)c1ccc(C(c2ccc(N(C)C)cc2)C2CCOC2OCC(F)(F)F)cc1. The van der Waals surface area contributed by atoms with Gasteiger partial charge in [0.05, 0.1) is 6.61 Å². The lowest BCUT2D eigenvalue weighted by atomic mass is 9.79. The van der Waals surface area contributed by atoms with Crippen LogP contribution in [-0.4, -0.2) is 53.9 Å². The smallest absolute Gasteiger partial charge is 0.378 e. The molecule has 30 heavy (non-hydrogen) atoms. The first-order valence-electron chi connectivity index (χ1n) is 10.0. The largest absolute Gasteiger partial charge is 0.411 e. The molecule has 0 N–H and O–H groups in total. The van der Waals surface area contributed by atoms with Crippen molar-refractivity contribution < 1.29 is 22.6 Å². The minimum atomic E-state index is -4.38. The Morgan fingerprint density at radius 3 is 1.77 bits per heavy atom. The molecule has 1 saturated heterocycles. The number of benzene rings is 2. The molecule has 1 heterocycles. The van der Waals surface area contributed by atoms with Crippen molar-refractivity contribution in [1.82, 2.24) is 0 Å². The molecule has 7 heteroatoms. The van der Waals surface area contributed by atoms with E-state index in [1.165, 1.54) is 0 Å². The standard InChI is InChI=1S/C23H29F3N2O2/c1-27(2)18-9-5-16(6-10-18)21(17-7-11-19(12-8-17)28(3)4)20-13-14-29-22(20)30-15-23(24,25)26/h5-12,20-22H,13-15H2,1-4H3. The molecule has 1 aliphatic heterocycles. The van der Waals surface area contributed by atoms with Crippen LogP contribution >= 0.6 is 0 Å². The third kappa shape index (κ3) is 5.46. The van der Waals surface area contributed by atoms with Gasteiger partial charge in [0.1, 0.15) is 6.61 Å². The molecule has 164 valence electrons. The van der Waals surface area contributed by atoms with E-state index < -0.39 is 19.1 Å². The number of rotatable bonds is 7. The molecule has 1 fully saturated rings. The van der Waals surface area contributed by atoms with Gasteiger partial charge in [0.25, 0.3) is 0 Å². The van der Waals surface area contributed by atoms with Crippen LogP contribution in [0.4, 0.5) is 24.5 Å². The van der Waals surface area contributed by atoms with E-state index >= 15 is 0 Å². The van der Waals surface area contributed by atoms with Gasteiger partial charge in [-0.2, -0.15) is 13.2 Å². The minimum Gasteiger partial charge on any atom is -0.378 e. The third-order valence-corrected chi connectivity index (χ3v) is 5.46. The predicted molar refractivity (Wildman–Crippen MR) is 113 cm³/mol. The van der Waals surface area contributed by atoms with E-state index in [9.17, 15) is 13.2 Å². The summed E-state index contributed by atoms with van der Waals surface area (Å²) in [6.07, 6.45) is -4.64. The minimum absolute atomic E-state index is 0.127. The fourth-order valence-electron chi connectivity index (χ4n) is 3.90. The summed E-state index contributed by atoms with van der Waals surface area (Å²) in [5, 5.41) is 0. The van der Waals surface area contributed by atoms with Crippen molar-refractivity contribution in [3.63, 3.8) is 0 Å². The number of nitrogens with zero attached hydrogens (tertiary/aromatic N) is 2. The van der Waals surface area contributed by atoms with E-state index in [4.69, 9.17) is 9.47 Å². The number of ether oxygens (including phenoxy) is 2. The van der Waals surface area contributed by atoms with Crippen LogP contribution < -0.4 is 9.80 Å². The molecule has 2 aromatic rings. The zero-order valence-electron chi connectivity index (χ0n) is 17.8. The van der Waals surface area contributed by atoms with Crippen LogP contribution in [0, 0.1) is 5.92 Å². The molecule has 0 aromatic heterocycles. The van der Waals surface area contributed by atoms with Gasteiger partial charge in [-0.1, -0.05) is 24.3 Å². The van der Waals surface area contributed by atoms with Gasteiger partial charge in [0.15, 0.2) is 6.29 Å². The normalized spacial score (nSPS) is 19.3. The number of alkyl halides is 3. The molecule has 3 rings (SSSR count). The van der Waals surface area contributed by atoms with Gasteiger partial charge < -0.3 is 19.3 Å². The number of halogens is 3. The van der Waals surface area contributed by atoms with Crippen molar-refractivity contribution in [2.24, 2.45) is 5.92 Å². The fraction of sp³-hybridized carbons (Fsp3) is 0.478. The lowest BCUT2D eigenvalue weighted by Crippen LogP contribution is -2.30. The van der Waals surface area contributed by atoms with E-state index in [2.05, 4.69) is 0 Å². The van der Waals surface area contributed by atoms with Crippen LogP contribution in [0.15, 0.2) is 48.5 Å². The molecule has 4 nitrogen and oxygen atoms in total. The first-order valence-corrected chi connectivity index (χ1v) is 10.0. The Bertz CT molecular complexity index is 753. The monoisotopic (exact) mass is 422 g/mol. The Hall–Kier alpha value is -2.25. The summed E-state index contributed by atoms with van der Waals surface area (Å²) < 4.78 is 48.9. The summed E-state index contributed by atoms with van der Waals surface area (Å²) in [7, 11) is 7.88. The van der Waals surface area contributed by atoms with Crippen LogP contribution in [0.1, 0.15) is 23.5 Å². The Labute approximate surface area is 176 Å². The lowest BCUT2D eigenvalue weighted by Gasteiger charge is -2.29. The molecule has 2 atom stereocenters. The molecule has 0 radical (unpaired) electrons. The summed E-state index contributed by atoms with van der Waals surface area (Å²) >= 11 is 0. The van der Waals surface area contributed by atoms with Gasteiger partial charge in [-0.05, 0) is 41.8 Å². The summed E-state index contributed by atoms with van der Waals surface area (Å²) in [6.45, 7) is -0.921. The molecular formula is C23H29F3N2O2. The average molecular weight is 422 g/mol. The topological polar surface area (TPSA) is 24.9 Å². The maximum Gasteiger partial charge on any atom is 0.411 e. The molecule has 0 aliphatic carbocycles. The van der Waals surface area contributed by atoms with E-state index in [-0.39, 0.29) is 11.8 Å². The van der Waals surface area contributed by atoms with E-state index in [0.29, 0.717) is 13.0 Å². The predicted octanol–water partition coefficient (Wildman–Crippen LogP) is 4.89. The zero-order valence-corrected chi connectivity index (χ0v) is 17.8. The highest BCUT2D eigenvalue weighted by atomic mass is 19.4. The molecule has 1 aliphatic rings. The van der Waals surface area contributed by atoms with Crippen molar-refractivity contribution in [3.8, 4) is 0 Å². The highest BCUT2D eigenvalue weighted by molar-refractivity contribution is 5.50. The van der Waals surface area contributed by atoms with Gasteiger partial charge in [0.2, 0.25) is 0 Å². The van der Waals surface area contributed by atoms with Crippen LogP contribution in [0.2, 0.25) is 0 Å². The quantitative estimate of drug-likeness (QED) is 0.634. The fourth-order valence-corrected chi connectivity index (χ4v) is 3.90. The second-order valence-electron chi connectivity index (χ2n) is 8.07. The van der Waals surface area contributed by atoms with Crippen molar-refractivity contribution in [3.05, 3.63) is 59.7 Å². The summed E-state index contributed by atoms with van der Waals surface area (Å²) in [6, 6.07) is 16.3. The van der Waals surface area contributed by atoms with E-state index in [1.807, 2.05) is 86.5 Å². The molecule has 0 bridgehead atoms. The number of hydrogen-bond donors (Lipinski definition) is 0. The maximum atomic E-state index is 12.7. The molecule has 0 saturated carbocycles. The van der Waals surface area contributed by atoms with Crippen LogP contribution in [0.3, 0.4) is 0 Å². The second kappa shape index (κ2) is 9.27. The van der Waals surface area contributed by atoms with Crippen molar-refractivity contribution in [1.29, 1.82) is 0 Å². The van der Waals surface area contributed by atoms with Crippen LogP contribution in [0.5, 0.6) is 0 Å². The molecular weight excluding hydrogens is 393 g/mol. The Balaban J connectivity index is 1.94. The van der Waals surface area contributed by atoms with Crippen molar-refractivity contribution in [2.45, 2.75) is 24.8 Å². The Morgan fingerprint density at radius 2 is 1.37 bits per heavy atom. The second-order valence-corrected chi connectivity index (χ2v) is 8.07. The van der Waals surface area contributed by atoms with Gasteiger partial charge in [0, 0.05) is 51.4 Å². The third-order valence-electron chi connectivity index (χ3n) is 5.46. The van der Waals surface area contributed by atoms with Gasteiger partial charge in [-0.3, -0.25) is 0 Å². The van der Waals surface area contributed by atoms with Crippen molar-refractivity contribution in [2.75, 3.05) is 51.2 Å². The van der Waals surface area contributed by atoms with Crippen LogP contribution in [0.25, 0.3) is 0 Å². The summed E-state index contributed by atoms with van der Waals surface area (Å²) in [4.78, 5) is 4.02. The maximum absolute atomic E-state index is 12.7. The van der Waals surface area contributed by atoms with Gasteiger partial charge in [-0.25, -0.2) is 0 Å². The van der Waals surface area contributed by atoms with Gasteiger partial charge in [-0.15, -0.1) is 0 Å². The summed E-state index contributed by atoms with van der Waals surface area (Å²) in [5.74, 6) is -0.332. The van der Waals surface area contributed by atoms with E-state index in [1.54, 1.807) is 0 Å². The lowest BCUT2D eigenvalue weighted by molar-refractivity contribution is -0.226. The highest BCUT2D eigenvalue weighted by Crippen LogP contribution is 2.41. The molecule has 2 aromatic carbocycles. The first-order chi connectivity index (χ1) is 14.2. The molecule has 0 spiro atoms. The number of anilines is 2. The summed E-state index contributed by atoms with van der Waals surface area (Å²) in [5.41, 5.74) is 4.20. The van der Waals surface area contributed by atoms with Crippen molar-refractivity contribution >= 4 is 11.4 Å². The van der Waals surface area contributed by atoms with Crippen LogP contribution in [-0.2, 0) is 9.47 Å². The first kappa shape index (κ1) is 22.4. The zero-order chi connectivity index (χ0) is 21.9. The van der Waals surface area contributed by atoms with E-state index in [0.717, 1.165) is 22.5 Å². The Morgan fingerprint density at radius 1 is 0.900 bits per heavy atom. The molecule has 0 amide bonds. The molecule has 2 unspecified atom stereocenters. The van der Waals surface area contributed by atoms with Gasteiger partial charge >= 0.3 is 6.18 Å². The Kier molecular flexibility index (Phi) is 6.93. The average Bonchev–Trinajstić information content (AvgIpc) is 3.15. The highest BCUT2D eigenvalue weighted by Gasteiger charge is 2.40.